The van der Waals surface area contributed by atoms with Gasteiger partial charge < -0.3 is 9.47 Å². The van der Waals surface area contributed by atoms with E-state index in [1.54, 1.807) is 0 Å². The molecule has 2 nitrogen and oxygen atoms in total. The van der Waals surface area contributed by atoms with E-state index < -0.39 is 0 Å². The Morgan fingerprint density at radius 1 is 1.21 bits per heavy atom. The van der Waals surface area contributed by atoms with Crippen LogP contribution in [0, 0.1) is 6.92 Å². The third-order valence-corrected chi connectivity index (χ3v) is 2.60. The van der Waals surface area contributed by atoms with Gasteiger partial charge in [-0.2, -0.15) is 0 Å². The van der Waals surface area contributed by atoms with Crippen molar-refractivity contribution in [3.8, 4) is 11.5 Å². The molecule has 2 heteroatoms. The Labute approximate surface area is 84.8 Å². The van der Waals surface area contributed by atoms with Crippen molar-refractivity contribution in [2.75, 3.05) is 6.79 Å². The molecule has 0 fully saturated rings. The van der Waals surface area contributed by atoms with Crippen LogP contribution < -0.4 is 9.47 Å². The normalized spacial score (nSPS) is 13.3. The number of fused-ring (bicyclic) bond motifs is 1. The molecule has 0 aliphatic carbocycles. The Hall–Kier alpha value is -1.18. The minimum Gasteiger partial charge on any atom is -0.453 e. The molecule has 1 heterocycles. The highest BCUT2D eigenvalue weighted by Gasteiger charge is 2.19. The topological polar surface area (TPSA) is 18.5 Å². The molecule has 0 saturated carbocycles. The van der Waals surface area contributed by atoms with Crippen LogP contribution >= 0.6 is 0 Å². The van der Waals surface area contributed by atoms with Gasteiger partial charge in [0, 0.05) is 0 Å². The summed E-state index contributed by atoms with van der Waals surface area (Å²) in [7, 11) is 0. The third kappa shape index (κ3) is 1.57. The van der Waals surface area contributed by atoms with Crippen molar-refractivity contribution in [3.63, 3.8) is 0 Å². The Bertz CT molecular complexity index is 331. The highest BCUT2D eigenvalue weighted by atomic mass is 16.7. The molecule has 0 aromatic heterocycles. The van der Waals surface area contributed by atoms with Crippen LogP contribution in [0.1, 0.15) is 30.9 Å². The second-order valence-electron chi connectivity index (χ2n) is 3.71. The van der Waals surface area contributed by atoms with Crippen LogP contribution in [-0.2, 0) is 6.42 Å². The fraction of sp³-hybridized carbons (Fsp3) is 0.500. The predicted molar refractivity (Wildman–Crippen MR) is 55.9 cm³/mol. The van der Waals surface area contributed by atoms with Gasteiger partial charge in [-0.1, -0.05) is 25.5 Å². The zero-order valence-corrected chi connectivity index (χ0v) is 8.80. The first-order valence-corrected chi connectivity index (χ1v) is 5.21. The van der Waals surface area contributed by atoms with Crippen LogP contribution in [0.25, 0.3) is 0 Å². The van der Waals surface area contributed by atoms with E-state index in [0.29, 0.717) is 6.79 Å². The fourth-order valence-corrected chi connectivity index (χ4v) is 1.75. The predicted octanol–water partition coefficient (Wildman–Crippen LogP) is 3.07. The minimum absolute atomic E-state index is 0.374. The van der Waals surface area contributed by atoms with Crippen LogP contribution in [0.15, 0.2) is 12.1 Å². The summed E-state index contributed by atoms with van der Waals surface area (Å²) in [6, 6.07) is 4.26. The number of hydrogen-bond acceptors (Lipinski definition) is 2. The van der Waals surface area contributed by atoms with Crippen molar-refractivity contribution >= 4 is 0 Å². The van der Waals surface area contributed by atoms with Crippen molar-refractivity contribution in [2.24, 2.45) is 0 Å². The Morgan fingerprint density at radius 2 is 2.00 bits per heavy atom. The summed E-state index contributed by atoms with van der Waals surface area (Å²) >= 11 is 0. The van der Waals surface area contributed by atoms with Gasteiger partial charge in [0.2, 0.25) is 6.79 Å². The van der Waals surface area contributed by atoms with Gasteiger partial charge in [0.05, 0.1) is 0 Å². The van der Waals surface area contributed by atoms with Crippen LogP contribution in [0.4, 0.5) is 0 Å². The molecule has 0 amide bonds. The van der Waals surface area contributed by atoms with Crippen LogP contribution in [0.2, 0.25) is 0 Å². The number of hydrogen-bond donors (Lipinski definition) is 0. The molecule has 1 aliphatic rings. The van der Waals surface area contributed by atoms with Crippen molar-refractivity contribution in [2.45, 2.75) is 33.1 Å². The van der Waals surface area contributed by atoms with Gasteiger partial charge in [-0.05, 0) is 30.9 Å². The first kappa shape index (κ1) is 9.38. The molecule has 14 heavy (non-hydrogen) atoms. The van der Waals surface area contributed by atoms with Crippen molar-refractivity contribution in [1.82, 2.24) is 0 Å². The molecule has 0 saturated heterocycles. The highest BCUT2D eigenvalue weighted by Crippen LogP contribution is 2.38. The molecule has 2 rings (SSSR count). The molecule has 0 atom stereocenters. The molecule has 0 bridgehead atoms. The summed E-state index contributed by atoms with van der Waals surface area (Å²) < 4.78 is 10.9. The maximum atomic E-state index is 5.49. The number of benzene rings is 1. The lowest BCUT2D eigenvalue weighted by Gasteiger charge is -2.06. The monoisotopic (exact) mass is 192 g/mol. The van der Waals surface area contributed by atoms with Crippen molar-refractivity contribution < 1.29 is 9.47 Å². The average Bonchev–Trinajstić information content (AvgIpc) is 2.66. The van der Waals surface area contributed by atoms with E-state index in [1.165, 1.54) is 18.4 Å². The van der Waals surface area contributed by atoms with Crippen LogP contribution in [0.3, 0.4) is 0 Å². The zero-order valence-electron chi connectivity index (χ0n) is 8.80. The molecule has 0 N–H and O–H groups in total. The average molecular weight is 192 g/mol. The summed E-state index contributed by atoms with van der Waals surface area (Å²) in [5.41, 5.74) is 2.45. The van der Waals surface area contributed by atoms with Gasteiger partial charge in [-0.3, -0.25) is 0 Å². The number of unbranched alkanes of at least 4 members (excludes halogenated alkanes) is 1. The maximum absolute atomic E-state index is 5.49. The van der Waals surface area contributed by atoms with E-state index in [0.717, 1.165) is 23.5 Å². The summed E-state index contributed by atoms with van der Waals surface area (Å²) in [4.78, 5) is 0. The summed E-state index contributed by atoms with van der Waals surface area (Å²) in [5.74, 6) is 1.91. The molecule has 76 valence electrons. The van der Waals surface area contributed by atoms with Gasteiger partial charge in [0.1, 0.15) is 0 Å². The molecule has 0 radical (unpaired) electrons. The molecule has 1 aromatic rings. The van der Waals surface area contributed by atoms with E-state index >= 15 is 0 Å². The van der Waals surface area contributed by atoms with Gasteiger partial charge in [0.25, 0.3) is 0 Å². The summed E-state index contributed by atoms with van der Waals surface area (Å²) in [6.07, 6.45) is 3.50. The van der Waals surface area contributed by atoms with E-state index in [4.69, 9.17) is 9.47 Å². The first-order valence-electron chi connectivity index (χ1n) is 5.21. The molecule has 1 aromatic carbocycles. The largest absolute Gasteiger partial charge is 0.453 e. The quantitative estimate of drug-likeness (QED) is 0.732. The van der Waals surface area contributed by atoms with E-state index in [1.807, 2.05) is 0 Å². The lowest BCUT2D eigenvalue weighted by atomic mass is 10.0. The lowest BCUT2D eigenvalue weighted by molar-refractivity contribution is 0.172. The van der Waals surface area contributed by atoms with Crippen LogP contribution in [0.5, 0.6) is 11.5 Å². The van der Waals surface area contributed by atoms with E-state index in [-0.39, 0.29) is 0 Å². The Morgan fingerprint density at radius 3 is 2.79 bits per heavy atom. The van der Waals surface area contributed by atoms with Crippen molar-refractivity contribution in [3.05, 3.63) is 23.3 Å². The highest BCUT2D eigenvalue weighted by molar-refractivity contribution is 5.52. The second kappa shape index (κ2) is 3.91. The molecule has 0 spiro atoms. The summed E-state index contributed by atoms with van der Waals surface area (Å²) in [5, 5.41) is 0. The van der Waals surface area contributed by atoms with Gasteiger partial charge in [-0.15, -0.1) is 0 Å². The van der Waals surface area contributed by atoms with Gasteiger partial charge >= 0.3 is 0 Å². The standard InChI is InChI=1S/C12H16O2/c1-3-4-5-10-7-6-9(2)11-12(10)14-8-13-11/h6-7H,3-5,8H2,1-2H3. The third-order valence-electron chi connectivity index (χ3n) is 2.60. The second-order valence-corrected chi connectivity index (χ2v) is 3.71. The smallest absolute Gasteiger partial charge is 0.231 e. The molecule has 1 aliphatic heterocycles. The van der Waals surface area contributed by atoms with Gasteiger partial charge in [0.15, 0.2) is 11.5 Å². The van der Waals surface area contributed by atoms with E-state index in [9.17, 15) is 0 Å². The van der Waals surface area contributed by atoms with Crippen molar-refractivity contribution in [1.29, 1.82) is 0 Å². The fourth-order valence-electron chi connectivity index (χ4n) is 1.75. The van der Waals surface area contributed by atoms with E-state index in [2.05, 4.69) is 26.0 Å². The summed E-state index contributed by atoms with van der Waals surface area (Å²) in [6.45, 7) is 4.63. The maximum Gasteiger partial charge on any atom is 0.231 e. The minimum atomic E-state index is 0.374. The number of ether oxygens (including phenoxy) is 2. The first-order chi connectivity index (χ1) is 6.83. The Kier molecular flexibility index (Phi) is 2.62. The Balaban J connectivity index is 2.29. The molecular weight excluding hydrogens is 176 g/mol. The lowest BCUT2D eigenvalue weighted by Crippen LogP contribution is -1.94. The zero-order chi connectivity index (χ0) is 9.97. The molecule has 0 unspecified atom stereocenters. The SMILES string of the molecule is CCCCc1ccc(C)c2c1OCO2. The van der Waals surface area contributed by atoms with Crippen LogP contribution in [-0.4, -0.2) is 6.79 Å². The van der Waals surface area contributed by atoms with Gasteiger partial charge in [-0.25, -0.2) is 0 Å². The number of aryl methyl sites for hydroxylation is 2. The number of rotatable bonds is 3. The molecular formula is C12H16O2.